The van der Waals surface area contributed by atoms with Gasteiger partial charge in [0.2, 0.25) is 0 Å². The monoisotopic (exact) mass is 381 g/mol. The van der Waals surface area contributed by atoms with Gasteiger partial charge in [-0.1, -0.05) is 23.5 Å². The molecule has 140 valence electrons. The number of pyridine rings is 1. The third-order valence-electron chi connectivity index (χ3n) is 4.71. The van der Waals surface area contributed by atoms with Crippen molar-refractivity contribution in [2.24, 2.45) is 0 Å². The Hall–Kier alpha value is -2.64. The molecule has 0 unspecified atom stereocenters. The van der Waals surface area contributed by atoms with Gasteiger partial charge < -0.3 is 19.9 Å². The molecule has 0 radical (unpaired) electrons. The Kier molecular flexibility index (Phi) is 5.22. The number of thiazole rings is 1. The zero-order valence-corrected chi connectivity index (χ0v) is 16.4. The van der Waals surface area contributed by atoms with Crippen LogP contribution in [0.4, 0.5) is 16.6 Å². The summed E-state index contributed by atoms with van der Waals surface area (Å²) in [4.78, 5) is 14.8. The maximum absolute atomic E-state index is 5.31. The molecular formula is C20H23N5OS. The fourth-order valence-electron chi connectivity index (χ4n) is 3.10. The van der Waals surface area contributed by atoms with E-state index >= 15 is 0 Å². The molecule has 6 nitrogen and oxygen atoms in total. The van der Waals surface area contributed by atoms with E-state index in [-0.39, 0.29) is 0 Å². The van der Waals surface area contributed by atoms with Crippen molar-refractivity contribution in [3.63, 3.8) is 0 Å². The second kappa shape index (κ2) is 7.94. The molecule has 0 spiro atoms. The van der Waals surface area contributed by atoms with Gasteiger partial charge >= 0.3 is 0 Å². The summed E-state index contributed by atoms with van der Waals surface area (Å²) in [5, 5.41) is 4.17. The molecule has 7 heteroatoms. The summed E-state index contributed by atoms with van der Waals surface area (Å²) >= 11 is 1.60. The molecule has 1 aliphatic heterocycles. The van der Waals surface area contributed by atoms with Gasteiger partial charge in [-0.05, 0) is 30.8 Å². The number of likely N-dealkylation sites (N-methyl/N-ethyl adjacent to an activating group) is 1. The van der Waals surface area contributed by atoms with Crippen molar-refractivity contribution in [3.8, 4) is 16.2 Å². The minimum Gasteiger partial charge on any atom is -0.497 e. The molecule has 1 fully saturated rings. The second-order valence-electron chi connectivity index (χ2n) is 6.58. The van der Waals surface area contributed by atoms with Gasteiger partial charge in [-0.15, -0.1) is 0 Å². The van der Waals surface area contributed by atoms with Crippen LogP contribution in [0.1, 0.15) is 0 Å². The summed E-state index contributed by atoms with van der Waals surface area (Å²) in [6.07, 6.45) is 3.73. The number of ether oxygens (including phenoxy) is 1. The molecule has 0 aliphatic carbocycles. The number of nitrogens with zero attached hydrogens (tertiary/aromatic N) is 4. The average Bonchev–Trinajstić information content (AvgIpc) is 3.17. The van der Waals surface area contributed by atoms with Gasteiger partial charge in [0.15, 0.2) is 5.13 Å². The van der Waals surface area contributed by atoms with E-state index in [1.54, 1.807) is 18.4 Å². The van der Waals surface area contributed by atoms with E-state index in [0.29, 0.717) is 0 Å². The number of nitrogens with one attached hydrogen (secondary N) is 1. The van der Waals surface area contributed by atoms with Crippen molar-refractivity contribution in [1.29, 1.82) is 0 Å². The van der Waals surface area contributed by atoms with E-state index in [1.807, 2.05) is 30.6 Å². The molecule has 0 amide bonds. The number of rotatable bonds is 5. The zero-order valence-electron chi connectivity index (χ0n) is 15.6. The van der Waals surface area contributed by atoms with Crippen LogP contribution >= 0.6 is 11.3 Å². The number of hydrogen-bond donors (Lipinski definition) is 1. The zero-order chi connectivity index (χ0) is 18.6. The summed E-state index contributed by atoms with van der Waals surface area (Å²) in [7, 11) is 3.84. The van der Waals surface area contributed by atoms with Gasteiger partial charge in [0.1, 0.15) is 11.6 Å². The topological polar surface area (TPSA) is 53.5 Å². The molecule has 0 bridgehead atoms. The number of methoxy groups -OCH3 is 1. The Labute approximate surface area is 163 Å². The molecule has 1 saturated heterocycles. The van der Waals surface area contributed by atoms with Crippen LogP contribution in [-0.2, 0) is 0 Å². The summed E-state index contributed by atoms with van der Waals surface area (Å²) in [6.45, 7) is 4.25. The third-order valence-corrected chi connectivity index (χ3v) is 5.67. The van der Waals surface area contributed by atoms with Gasteiger partial charge in [-0.2, -0.15) is 0 Å². The van der Waals surface area contributed by atoms with Crippen molar-refractivity contribution >= 4 is 28.0 Å². The highest BCUT2D eigenvalue weighted by atomic mass is 32.1. The first-order valence-corrected chi connectivity index (χ1v) is 9.80. The largest absolute Gasteiger partial charge is 0.497 e. The molecule has 1 aromatic carbocycles. The maximum Gasteiger partial charge on any atom is 0.188 e. The second-order valence-corrected chi connectivity index (χ2v) is 7.61. The van der Waals surface area contributed by atoms with E-state index in [4.69, 9.17) is 4.74 Å². The molecule has 0 atom stereocenters. The predicted molar refractivity (Wildman–Crippen MR) is 111 cm³/mol. The minimum absolute atomic E-state index is 0.818. The highest BCUT2D eigenvalue weighted by Gasteiger charge is 2.15. The van der Waals surface area contributed by atoms with Crippen LogP contribution in [0.5, 0.6) is 5.75 Å². The van der Waals surface area contributed by atoms with Crippen LogP contribution in [0.2, 0.25) is 0 Å². The first-order valence-electron chi connectivity index (χ1n) is 8.98. The van der Waals surface area contributed by atoms with Crippen LogP contribution in [0.15, 0.2) is 48.8 Å². The molecule has 4 rings (SSSR count). The van der Waals surface area contributed by atoms with Crippen molar-refractivity contribution in [1.82, 2.24) is 14.9 Å². The first kappa shape index (κ1) is 17.8. The third kappa shape index (κ3) is 4.20. The number of aromatic nitrogens is 2. The number of benzene rings is 1. The Bertz CT molecular complexity index is 905. The minimum atomic E-state index is 0.818. The lowest BCUT2D eigenvalue weighted by atomic mass is 10.2. The number of piperazine rings is 1. The molecule has 3 aromatic rings. The highest BCUT2D eigenvalue weighted by molar-refractivity contribution is 7.18. The lowest BCUT2D eigenvalue weighted by Gasteiger charge is -2.34. The predicted octanol–water partition coefficient (Wildman–Crippen LogP) is 3.71. The maximum atomic E-state index is 5.31. The quantitative estimate of drug-likeness (QED) is 0.727. The molecule has 3 heterocycles. The fraction of sp³-hybridized carbons (Fsp3) is 0.300. The molecule has 1 N–H and O–H groups in total. The average molecular weight is 382 g/mol. The van der Waals surface area contributed by atoms with Crippen molar-refractivity contribution < 1.29 is 4.74 Å². The number of hydrogen-bond acceptors (Lipinski definition) is 7. The van der Waals surface area contributed by atoms with Gasteiger partial charge in [0.25, 0.3) is 0 Å². The van der Waals surface area contributed by atoms with Gasteiger partial charge in [0, 0.05) is 50.3 Å². The van der Waals surface area contributed by atoms with Gasteiger partial charge in [0.05, 0.1) is 12.0 Å². The van der Waals surface area contributed by atoms with Crippen LogP contribution < -0.4 is 15.0 Å². The molecule has 2 aromatic heterocycles. The van der Waals surface area contributed by atoms with Gasteiger partial charge in [-0.3, -0.25) is 0 Å². The summed E-state index contributed by atoms with van der Waals surface area (Å²) in [5.74, 6) is 1.66. The van der Waals surface area contributed by atoms with Gasteiger partial charge in [-0.25, -0.2) is 9.97 Å². The first-order chi connectivity index (χ1) is 13.2. The Morgan fingerprint density at radius 3 is 2.74 bits per heavy atom. The summed E-state index contributed by atoms with van der Waals surface area (Å²) in [6, 6.07) is 12.2. The Balaban J connectivity index is 1.48. The Morgan fingerprint density at radius 2 is 1.93 bits per heavy atom. The van der Waals surface area contributed by atoms with E-state index < -0.39 is 0 Å². The van der Waals surface area contributed by atoms with E-state index in [2.05, 4.69) is 50.3 Å². The normalized spacial score (nSPS) is 15.0. The van der Waals surface area contributed by atoms with E-state index in [9.17, 15) is 0 Å². The molecule has 0 saturated carbocycles. The lowest BCUT2D eigenvalue weighted by molar-refractivity contribution is 0.313. The van der Waals surface area contributed by atoms with E-state index in [1.165, 1.54) is 5.69 Å². The van der Waals surface area contributed by atoms with Crippen LogP contribution in [0, 0.1) is 0 Å². The SMILES string of the molecule is COc1cccc(-c2cnc(Nc3cc(N4CCN(C)CC4)ccn3)s2)c1. The van der Waals surface area contributed by atoms with Crippen molar-refractivity contribution in [3.05, 3.63) is 48.8 Å². The fourth-order valence-corrected chi connectivity index (χ4v) is 3.92. The number of anilines is 3. The van der Waals surface area contributed by atoms with Crippen LogP contribution in [-0.4, -0.2) is 55.2 Å². The highest BCUT2D eigenvalue weighted by Crippen LogP contribution is 2.32. The lowest BCUT2D eigenvalue weighted by Crippen LogP contribution is -2.44. The Morgan fingerprint density at radius 1 is 1.07 bits per heavy atom. The standard InChI is InChI=1S/C20H23N5OS/c1-24-8-10-25(11-9-24)16-6-7-21-19(13-16)23-20-22-14-18(27-20)15-4-3-5-17(12-15)26-2/h3-7,12-14H,8-11H2,1-2H3,(H,21,22,23). The van der Waals surface area contributed by atoms with E-state index in [0.717, 1.165) is 53.3 Å². The molecular weight excluding hydrogens is 358 g/mol. The summed E-state index contributed by atoms with van der Waals surface area (Å²) in [5.41, 5.74) is 2.30. The summed E-state index contributed by atoms with van der Waals surface area (Å²) < 4.78 is 5.31. The molecule has 27 heavy (non-hydrogen) atoms. The van der Waals surface area contributed by atoms with Crippen molar-refractivity contribution in [2.75, 3.05) is 50.6 Å². The van der Waals surface area contributed by atoms with Crippen LogP contribution in [0.3, 0.4) is 0 Å². The molecule has 1 aliphatic rings. The smallest absolute Gasteiger partial charge is 0.188 e. The van der Waals surface area contributed by atoms with Crippen molar-refractivity contribution in [2.45, 2.75) is 0 Å². The van der Waals surface area contributed by atoms with Crippen LogP contribution in [0.25, 0.3) is 10.4 Å².